The van der Waals surface area contributed by atoms with Crippen LogP contribution in [-0.4, -0.2) is 35.1 Å². The first-order valence-corrected chi connectivity index (χ1v) is 8.77. The summed E-state index contributed by atoms with van der Waals surface area (Å²) in [6.45, 7) is 1.75. The fraction of sp³-hybridized carbons (Fsp3) is 0.882. The molecule has 0 aromatic carbocycles. The summed E-state index contributed by atoms with van der Waals surface area (Å²) in [7, 11) is 0. The van der Waals surface area contributed by atoms with Gasteiger partial charge in [0.2, 0.25) is 11.8 Å². The van der Waals surface area contributed by atoms with E-state index in [0.717, 1.165) is 64.2 Å². The van der Waals surface area contributed by atoms with Crippen LogP contribution in [0.25, 0.3) is 0 Å². The van der Waals surface area contributed by atoms with E-state index in [9.17, 15) is 14.7 Å². The SMILES string of the molecule is CC(=O)NC(C(=O)NCC1(O)CCCCCC1)C1CCCC1. The highest BCUT2D eigenvalue weighted by Gasteiger charge is 2.33. The van der Waals surface area contributed by atoms with E-state index in [0.29, 0.717) is 6.54 Å². The quantitative estimate of drug-likeness (QED) is 0.679. The second kappa shape index (κ2) is 7.95. The van der Waals surface area contributed by atoms with Crippen molar-refractivity contribution in [1.82, 2.24) is 10.6 Å². The average Bonchev–Trinajstić information content (AvgIpc) is 2.91. The van der Waals surface area contributed by atoms with Crippen LogP contribution in [0.4, 0.5) is 0 Å². The molecule has 5 heteroatoms. The number of hydrogen-bond donors (Lipinski definition) is 3. The van der Waals surface area contributed by atoms with E-state index in [1.54, 1.807) is 0 Å². The molecular weight excluding hydrogens is 280 g/mol. The number of carbonyl (C=O) groups is 2. The molecule has 5 nitrogen and oxygen atoms in total. The summed E-state index contributed by atoms with van der Waals surface area (Å²) >= 11 is 0. The van der Waals surface area contributed by atoms with Gasteiger partial charge in [0, 0.05) is 13.5 Å². The predicted octanol–water partition coefficient (Wildman–Crippen LogP) is 1.88. The topological polar surface area (TPSA) is 78.4 Å². The van der Waals surface area contributed by atoms with E-state index in [-0.39, 0.29) is 17.7 Å². The number of carbonyl (C=O) groups excluding carboxylic acids is 2. The van der Waals surface area contributed by atoms with E-state index in [4.69, 9.17) is 0 Å². The van der Waals surface area contributed by atoms with Crippen molar-refractivity contribution < 1.29 is 14.7 Å². The molecule has 126 valence electrons. The monoisotopic (exact) mass is 310 g/mol. The van der Waals surface area contributed by atoms with Gasteiger partial charge in [-0.05, 0) is 31.6 Å². The predicted molar refractivity (Wildman–Crippen MR) is 85.2 cm³/mol. The fourth-order valence-corrected chi connectivity index (χ4v) is 3.83. The number of amides is 2. The van der Waals surface area contributed by atoms with Crippen LogP contribution in [0.2, 0.25) is 0 Å². The lowest BCUT2D eigenvalue weighted by Crippen LogP contribution is -2.53. The second-order valence-electron chi connectivity index (χ2n) is 7.08. The third kappa shape index (κ3) is 4.97. The van der Waals surface area contributed by atoms with Crippen molar-refractivity contribution in [1.29, 1.82) is 0 Å². The molecule has 1 atom stereocenters. The molecule has 2 rings (SSSR count). The largest absolute Gasteiger partial charge is 0.388 e. The number of hydrogen-bond acceptors (Lipinski definition) is 3. The van der Waals surface area contributed by atoms with Gasteiger partial charge < -0.3 is 15.7 Å². The van der Waals surface area contributed by atoms with E-state index in [2.05, 4.69) is 10.6 Å². The summed E-state index contributed by atoms with van der Waals surface area (Å²) in [5, 5.41) is 16.3. The summed E-state index contributed by atoms with van der Waals surface area (Å²) in [4.78, 5) is 23.9. The Morgan fingerprint density at radius 2 is 1.68 bits per heavy atom. The lowest BCUT2D eigenvalue weighted by molar-refractivity contribution is -0.130. The van der Waals surface area contributed by atoms with Crippen LogP contribution in [0.1, 0.15) is 71.1 Å². The maximum absolute atomic E-state index is 12.5. The lowest BCUT2D eigenvalue weighted by Gasteiger charge is -2.29. The molecule has 0 spiro atoms. The Morgan fingerprint density at radius 1 is 1.09 bits per heavy atom. The molecule has 2 fully saturated rings. The van der Waals surface area contributed by atoms with Crippen molar-refractivity contribution in [3.8, 4) is 0 Å². The van der Waals surface area contributed by atoms with E-state index in [1.807, 2.05) is 0 Å². The first-order chi connectivity index (χ1) is 10.5. The zero-order chi connectivity index (χ0) is 16.0. The van der Waals surface area contributed by atoms with Crippen LogP contribution in [0.15, 0.2) is 0 Å². The Morgan fingerprint density at radius 3 is 2.23 bits per heavy atom. The number of rotatable bonds is 5. The minimum atomic E-state index is -0.775. The van der Waals surface area contributed by atoms with Crippen LogP contribution in [0, 0.1) is 5.92 Å². The third-order valence-electron chi connectivity index (χ3n) is 5.14. The van der Waals surface area contributed by atoms with Crippen molar-refractivity contribution in [2.24, 2.45) is 5.92 Å². The smallest absolute Gasteiger partial charge is 0.242 e. The molecule has 0 aliphatic heterocycles. The molecule has 22 heavy (non-hydrogen) atoms. The Kier molecular flexibility index (Phi) is 6.24. The van der Waals surface area contributed by atoms with E-state index in [1.165, 1.54) is 6.92 Å². The van der Waals surface area contributed by atoms with Gasteiger partial charge in [-0.15, -0.1) is 0 Å². The van der Waals surface area contributed by atoms with Gasteiger partial charge in [-0.25, -0.2) is 0 Å². The summed E-state index contributed by atoms with van der Waals surface area (Å²) in [6, 6.07) is -0.450. The van der Waals surface area contributed by atoms with Crippen molar-refractivity contribution in [2.45, 2.75) is 82.8 Å². The molecule has 2 amide bonds. The summed E-state index contributed by atoms with van der Waals surface area (Å²) in [5.41, 5.74) is -0.775. The zero-order valence-electron chi connectivity index (χ0n) is 13.7. The Labute approximate surface area is 133 Å². The molecule has 0 heterocycles. The Bertz CT molecular complexity index is 383. The van der Waals surface area contributed by atoms with E-state index >= 15 is 0 Å². The molecule has 0 radical (unpaired) electrons. The maximum Gasteiger partial charge on any atom is 0.242 e. The molecular formula is C17H30N2O3. The second-order valence-corrected chi connectivity index (χ2v) is 7.08. The molecule has 0 bridgehead atoms. The molecule has 2 aliphatic rings. The first-order valence-electron chi connectivity index (χ1n) is 8.77. The minimum Gasteiger partial charge on any atom is -0.388 e. The summed E-state index contributed by atoms with van der Waals surface area (Å²) in [5.74, 6) is -0.0762. The standard InChI is InChI=1S/C17H30N2O3/c1-13(20)19-15(14-8-4-5-9-14)16(21)18-12-17(22)10-6-2-3-7-11-17/h14-15,22H,2-12H2,1H3,(H,18,21)(H,19,20). The highest BCUT2D eigenvalue weighted by Crippen LogP contribution is 2.29. The van der Waals surface area contributed by atoms with Gasteiger partial charge in [0.25, 0.3) is 0 Å². The Balaban J connectivity index is 1.90. The van der Waals surface area contributed by atoms with Gasteiger partial charge in [-0.1, -0.05) is 38.5 Å². The number of aliphatic hydroxyl groups is 1. The zero-order valence-corrected chi connectivity index (χ0v) is 13.7. The van der Waals surface area contributed by atoms with Gasteiger partial charge >= 0.3 is 0 Å². The highest BCUT2D eigenvalue weighted by atomic mass is 16.3. The average molecular weight is 310 g/mol. The van der Waals surface area contributed by atoms with Gasteiger partial charge in [0.05, 0.1) is 5.60 Å². The van der Waals surface area contributed by atoms with Crippen LogP contribution >= 0.6 is 0 Å². The Hall–Kier alpha value is -1.10. The van der Waals surface area contributed by atoms with Gasteiger partial charge in [-0.2, -0.15) is 0 Å². The van der Waals surface area contributed by atoms with Crippen molar-refractivity contribution in [2.75, 3.05) is 6.54 Å². The van der Waals surface area contributed by atoms with Crippen LogP contribution in [-0.2, 0) is 9.59 Å². The molecule has 3 N–H and O–H groups in total. The highest BCUT2D eigenvalue weighted by molar-refractivity contribution is 5.87. The van der Waals surface area contributed by atoms with Crippen molar-refractivity contribution in [3.63, 3.8) is 0 Å². The molecule has 1 unspecified atom stereocenters. The normalized spacial score (nSPS) is 23.5. The van der Waals surface area contributed by atoms with Gasteiger partial charge in [0.15, 0.2) is 0 Å². The van der Waals surface area contributed by atoms with Crippen LogP contribution < -0.4 is 10.6 Å². The molecule has 0 saturated heterocycles. The van der Waals surface area contributed by atoms with E-state index < -0.39 is 11.6 Å². The van der Waals surface area contributed by atoms with Gasteiger partial charge in [0.1, 0.15) is 6.04 Å². The molecule has 0 aromatic rings. The third-order valence-corrected chi connectivity index (χ3v) is 5.14. The first kappa shape index (κ1) is 17.3. The summed E-state index contributed by atoms with van der Waals surface area (Å²) < 4.78 is 0. The molecule has 2 aliphatic carbocycles. The molecule has 0 aromatic heterocycles. The molecule has 2 saturated carbocycles. The lowest BCUT2D eigenvalue weighted by atomic mass is 9.93. The van der Waals surface area contributed by atoms with Gasteiger partial charge in [-0.3, -0.25) is 9.59 Å². The number of nitrogens with one attached hydrogen (secondary N) is 2. The summed E-state index contributed by atoms with van der Waals surface area (Å²) in [6.07, 6.45) is 10.1. The minimum absolute atomic E-state index is 0.139. The van der Waals surface area contributed by atoms with Crippen LogP contribution in [0.3, 0.4) is 0 Å². The van der Waals surface area contributed by atoms with Crippen molar-refractivity contribution >= 4 is 11.8 Å². The van der Waals surface area contributed by atoms with Crippen LogP contribution in [0.5, 0.6) is 0 Å². The fourth-order valence-electron chi connectivity index (χ4n) is 3.83. The van der Waals surface area contributed by atoms with Crippen molar-refractivity contribution in [3.05, 3.63) is 0 Å². The maximum atomic E-state index is 12.5.